The zero-order chi connectivity index (χ0) is 17.8. The number of rotatable bonds is 4. The molecule has 2 heterocycles. The second-order valence-corrected chi connectivity index (χ2v) is 5.54. The van der Waals surface area contributed by atoms with Gasteiger partial charge in [0.2, 0.25) is 0 Å². The van der Waals surface area contributed by atoms with Crippen LogP contribution < -0.4 is 0 Å². The van der Waals surface area contributed by atoms with Crippen molar-refractivity contribution in [2.24, 2.45) is 0 Å². The van der Waals surface area contributed by atoms with E-state index in [0.29, 0.717) is 12.2 Å². The topological polar surface area (TPSA) is 67.9 Å². The lowest BCUT2D eigenvalue weighted by atomic mass is 10.2. The molecule has 0 radical (unpaired) electrons. The maximum Gasteiger partial charge on any atom is 0.330 e. The molecule has 0 fully saturated rings. The fourth-order valence-corrected chi connectivity index (χ4v) is 2.70. The number of carbonyl (C=O) groups excluding carboxylic acids is 1. The van der Waals surface area contributed by atoms with Crippen LogP contribution in [0.15, 0.2) is 48.7 Å². The van der Waals surface area contributed by atoms with E-state index in [1.165, 1.54) is 6.08 Å². The highest BCUT2D eigenvalue weighted by atomic mass is 16.5. The van der Waals surface area contributed by atoms with Crippen molar-refractivity contribution < 1.29 is 9.53 Å². The van der Waals surface area contributed by atoms with E-state index in [0.717, 1.165) is 28.0 Å². The molecule has 1 aromatic carbocycles. The first-order valence-electron chi connectivity index (χ1n) is 7.96. The number of pyridine rings is 1. The Morgan fingerprint density at radius 2 is 2.08 bits per heavy atom. The van der Waals surface area contributed by atoms with Crippen LogP contribution in [0, 0.1) is 18.3 Å². The molecule has 0 atom stereocenters. The molecule has 3 aromatic rings. The number of hydrogen-bond donors (Lipinski definition) is 0. The van der Waals surface area contributed by atoms with Gasteiger partial charge in [0, 0.05) is 23.7 Å². The van der Waals surface area contributed by atoms with Crippen LogP contribution in [0.4, 0.5) is 0 Å². The number of fused-ring (bicyclic) bond motifs is 1. The molecule has 3 rings (SSSR count). The summed E-state index contributed by atoms with van der Waals surface area (Å²) in [6.45, 7) is 4.13. The van der Waals surface area contributed by atoms with Gasteiger partial charge in [-0.1, -0.05) is 0 Å². The lowest BCUT2D eigenvalue weighted by Gasteiger charge is -2.08. The van der Waals surface area contributed by atoms with Crippen LogP contribution >= 0.6 is 0 Å². The summed E-state index contributed by atoms with van der Waals surface area (Å²) in [6, 6.07) is 13.5. The fraction of sp³-hybridized carbons (Fsp3) is 0.150. The molecule has 2 aromatic heterocycles. The largest absolute Gasteiger partial charge is 0.463 e. The molecule has 0 aliphatic rings. The van der Waals surface area contributed by atoms with E-state index >= 15 is 0 Å². The third kappa shape index (κ3) is 3.43. The number of hydrogen-bond acceptors (Lipinski definition) is 4. The van der Waals surface area contributed by atoms with Crippen molar-refractivity contribution in [1.82, 2.24) is 9.55 Å². The minimum absolute atomic E-state index is 0.348. The molecule has 0 unspecified atom stereocenters. The summed E-state index contributed by atoms with van der Waals surface area (Å²) in [5.74, 6) is -0.374. The predicted octanol–water partition coefficient (Wildman–Crippen LogP) is 3.78. The van der Waals surface area contributed by atoms with E-state index in [2.05, 4.69) is 15.6 Å². The maximum atomic E-state index is 11.5. The average molecular weight is 331 g/mol. The minimum atomic E-state index is -0.374. The van der Waals surface area contributed by atoms with Crippen molar-refractivity contribution in [3.8, 4) is 11.8 Å². The first kappa shape index (κ1) is 16.5. The van der Waals surface area contributed by atoms with Crippen LogP contribution in [0.5, 0.6) is 0 Å². The van der Waals surface area contributed by atoms with Gasteiger partial charge in [-0.15, -0.1) is 0 Å². The standard InChI is InChI=1S/C20H17N3O2/c1-3-25-20(24)9-6-16-11-19-18(22-13-16)10-14(2)23(19)17-7-4-15(12-21)5-8-17/h4-11,13H,3H2,1-2H3. The van der Waals surface area contributed by atoms with E-state index in [1.54, 1.807) is 31.3 Å². The van der Waals surface area contributed by atoms with E-state index in [9.17, 15) is 4.79 Å². The lowest BCUT2D eigenvalue weighted by Crippen LogP contribution is -1.99. The molecule has 0 N–H and O–H groups in total. The minimum Gasteiger partial charge on any atom is -0.463 e. The average Bonchev–Trinajstić information content (AvgIpc) is 2.95. The number of esters is 1. The number of benzene rings is 1. The smallest absolute Gasteiger partial charge is 0.330 e. The number of nitrogens with zero attached hydrogens (tertiary/aromatic N) is 3. The van der Waals surface area contributed by atoms with Crippen LogP contribution in [-0.4, -0.2) is 22.1 Å². The quantitative estimate of drug-likeness (QED) is 0.539. The van der Waals surface area contributed by atoms with E-state index in [1.807, 2.05) is 31.2 Å². The van der Waals surface area contributed by atoms with Crippen molar-refractivity contribution in [1.29, 1.82) is 5.26 Å². The molecular weight excluding hydrogens is 314 g/mol. The van der Waals surface area contributed by atoms with Gasteiger partial charge in [0.25, 0.3) is 0 Å². The molecule has 0 aliphatic carbocycles. The molecule has 0 amide bonds. The van der Waals surface area contributed by atoms with Gasteiger partial charge < -0.3 is 9.30 Å². The van der Waals surface area contributed by atoms with Crippen molar-refractivity contribution in [3.63, 3.8) is 0 Å². The summed E-state index contributed by atoms with van der Waals surface area (Å²) < 4.78 is 6.97. The third-order valence-electron chi connectivity index (χ3n) is 3.81. The van der Waals surface area contributed by atoms with E-state index in [-0.39, 0.29) is 5.97 Å². The van der Waals surface area contributed by atoms with Crippen LogP contribution in [0.3, 0.4) is 0 Å². The third-order valence-corrected chi connectivity index (χ3v) is 3.81. The van der Waals surface area contributed by atoms with Gasteiger partial charge >= 0.3 is 5.97 Å². The number of aryl methyl sites for hydroxylation is 1. The summed E-state index contributed by atoms with van der Waals surface area (Å²) in [5.41, 5.74) is 5.24. The Labute approximate surface area is 145 Å². The van der Waals surface area contributed by atoms with Gasteiger partial charge in [-0.25, -0.2) is 4.79 Å². The second kappa shape index (κ2) is 7.02. The van der Waals surface area contributed by atoms with Crippen molar-refractivity contribution in [3.05, 3.63) is 65.5 Å². The predicted molar refractivity (Wildman–Crippen MR) is 96.2 cm³/mol. The monoisotopic (exact) mass is 331 g/mol. The highest BCUT2D eigenvalue weighted by Gasteiger charge is 2.09. The molecule has 0 saturated carbocycles. The summed E-state index contributed by atoms with van der Waals surface area (Å²) in [4.78, 5) is 15.9. The SMILES string of the molecule is CCOC(=O)C=Cc1cnc2cc(C)n(-c3ccc(C#N)cc3)c2c1. The number of ether oxygens (including phenoxy) is 1. The second-order valence-electron chi connectivity index (χ2n) is 5.54. The molecule has 5 nitrogen and oxygen atoms in total. The lowest BCUT2D eigenvalue weighted by molar-refractivity contribution is -0.137. The highest BCUT2D eigenvalue weighted by Crippen LogP contribution is 2.24. The fourth-order valence-electron chi connectivity index (χ4n) is 2.70. The van der Waals surface area contributed by atoms with Crippen LogP contribution in [0.1, 0.15) is 23.7 Å². The summed E-state index contributed by atoms with van der Waals surface area (Å²) in [7, 11) is 0. The Bertz CT molecular complexity index is 992. The Morgan fingerprint density at radius 3 is 2.76 bits per heavy atom. The molecular formula is C20H17N3O2. The number of nitriles is 1. The first-order chi connectivity index (χ1) is 12.1. The Morgan fingerprint density at radius 1 is 1.32 bits per heavy atom. The van der Waals surface area contributed by atoms with Gasteiger partial charge in [0.1, 0.15) is 0 Å². The molecule has 0 bridgehead atoms. The van der Waals surface area contributed by atoms with Gasteiger partial charge in [-0.2, -0.15) is 5.26 Å². The number of aromatic nitrogens is 2. The van der Waals surface area contributed by atoms with Gasteiger partial charge in [0.15, 0.2) is 0 Å². The molecule has 124 valence electrons. The van der Waals surface area contributed by atoms with Crippen LogP contribution in [-0.2, 0) is 9.53 Å². The Hall–Kier alpha value is -3.39. The van der Waals surface area contributed by atoms with Gasteiger partial charge in [-0.3, -0.25) is 4.98 Å². The normalized spacial score (nSPS) is 10.9. The van der Waals surface area contributed by atoms with Crippen molar-refractivity contribution >= 4 is 23.1 Å². The maximum absolute atomic E-state index is 11.5. The molecule has 0 aliphatic heterocycles. The molecule has 0 spiro atoms. The van der Waals surface area contributed by atoms with Gasteiger partial charge in [0.05, 0.1) is 29.3 Å². The molecule has 25 heavy (non-hydrogen) atoms. The van der Waals surface area contributed by atoms with Crippen molar-refractivity contribution in [2.75, 3.05) is 6.61 Å². The van der Waals surface area contributed by atoms with E-state index in [4.69, 9.17) is 10.00 Å². The van der Waals surface area contributed by atoms with E-state index < -0.39 is 0 Å². The van der Waals surface area contributed by atoms with Gasteiger partial charge in [-0.05, 0) is 61.9 Å². The molecule has 0 saturated heterocycles. The Kier molecular flexibility index (Phi) is 4.62. The highest BCUT2D eigenvalue weighted by molar-refractivity contribution is 5.88. The molecule has 5 heteroatoms. The zero-order valence-corrected chi connectivity index (χ0v) is 14.1. The van der Waals surface area contributed by atoms with Crippen molar-refractivity contribution in [2.45, 2.75) is 13.8 Å². The zero-order valence-electron chi connectivity index (χ0n) is 14.1. The van der Waals surface area contributed by atoms with Crippen LogP contribution in [0.25, 0.3) is 22.8 Å². The summed E-state index contributed by atoms with van der Waals surface area (Å²) in [6.07, 6.45) is 4.81. The summed E-state index contributed by atoms with van der Waals surface area (Å²) >= 11 is 0. The number of carbonyl (C=O) groups is 1. The van der Waals surface area contributed by atoms with Crippen LogP contribution in [0.2, 0.25) is 0 Å². The first-order valence-corrected chi connectivity index (χ1v) is 7.96. The Balaban J connectivity index is 2.03. The summed E-state index contributed by atoms with van der Waals surface area (Å²) in [5, 5.41) is 8.95.